The third-order valence-electron chi connectivity index (χ3n) is 1.73. The lowest BCUT2D eigenvalue weighted by molar-refractivity contribution is 0.131. The number of hydrogen-bond acceptors (Lipinski definition) is 1. The molecule has 0 atom stereocenters. The van der Waals surface area contributed by atoms with Gasteiger partial charge in [-0.3, -0.25) is 0 Å². The standard InChI is InChI=1S/C13H18O/c1-6-11-7-10(2)8-12(9-11)14-13(3,4)5/h6-9H,1H2,2-5H3. The lowest BCUT2D eigenvalue weighted by Crippen LogP contribution is -2.22. The van der Waals surface area contributed by atoms with Crippen molar-refractivity contribution in [3.05, 3.63) is 35.9 Å². The molecule has 0 fully saturated rings. The van der Waals surface area contributed by atoms with E-state index in [2.05, 4.69) is 19.6 Å². The average molecular weight is 190 g/mol. The maximum atomic E-state index is 5.78. The van der Waals surface area contributed by atoms with Gasteiger partial charge in [0.1, 0.15) is 11.4 Å². The Hall–Kier alpha value is -1.24. The minimum Gasteiger partial charge on any atom is -0.488 e. The first kappa shape index (κ1) is 10.8. The van der Waals surface area contributed by atoms with Gasteiger partial charge in [-0.15, -0.1) is 0 Å². The van der Waals surface area contributed by atoms with Gasteiger partial charge < -0.3 is 4.74 Å². The highest BCUT2D eigenvalue weighted by molar-refractivity contribution is 5.51. The molecule has 0 heterocycles. The van der Waals surface area contributed by atoms with Gasteiger partial charge in [-0.2, -0.15) is 0 Å². The smallest absolute Gasteiger partial charge is 0.120 e. The van der Waals surface area contributed by atoms with Crippen LogP contribution in [0.25, 0.3) is 6.08 Å². The Bertz CT molecular complexity index is 332. The van der Waals surface area contributed by atoms with E-state index in [-0.39, 0.29) is 5.60 Å². The fourth-order valence-electron chi connectivity index (χ4n) is 1.31. The van der Waals surface area contributed by atoms with E-state index in [1.165, 1.54) is 5.56 Å². The lowest BCUT2D eigenvalue weighted by Gasteiger charge is -2.21. The Morgan fingerprint density at radius 2 is 1.86 bits per heavy atom. The third-order valence-corrected chi connectivity index (χ3v) is 1.73. The van der Waals surface area contributed by atoms with Crippen LogP contribution in [-0.4, -0.2) is 5.60 Å². The summed E-state index contributed by atoms with van der Waals surface area (Å²) in [5.41, 5.74) is 2.15. The number of benzene rings is 1. The van der Waals surface area contributed by atoms with Crippen LogP contribution >= 0.6 is 0 Å². The van der Waals surface area contributed by atoms with Crippen molar-refractivity contribution < 1.29 is 4.74 Å². The molecule has 1 rings (SSSR count). The van der Waals surface area contributed by atoms with Gasteiger partial charge in [0.15, 0.2) is 0 Å². The summed E-state index contributed by atoms with van der Waals surface area (Å²) in [4.78, 5) is 0. The molecule has 1 nitrogen and oxygen atoms in total. The average Bonchev–Trinajstić information content (AvgIpc) is 1.99. The van der Waals surface area contributed by atoms with Gasteiger partial charge in [0.25, 0.3) is 0 Å². The molecule has 1 heteroatoms. The molecule has 0 spiro atoms. The Labute approximate surface area is 86.4 Å². The zero-order chi connectivity index (χ0) is 10.8. The van der Waals surface area contributed by atoms with Crippen molar-refractivity contribution in [2.45, 2.75) is 33.3 Å². The SMILES string of the molecule is C=Cc1cc(C)cc(OC(C)(C)C)c1. The maximum absolute atomic E-state index is 5.78. The number of ether oxygens (including phenoxy) is 1. The summed E-state index contributed by atoms with van der Waals surface area (Å²) in [6, 6.07) is 6.13. The van der Waals surface area contributed by atoms with Crippen LogP contribution in [0.4, 0.5) is 0 Å². The van der Waals surface area contributed by atoms with Crippen LogP contribution in [0.2, 0.25) is 0 Å². The van der Waals surface area contributed by atoms with Crippen molar-refractivity contribution in [2.75, 3.05) is 0 Å². The zero-order valence-corrected chi connectivity index (χ0v) is 9.42. The quantitative estimate of drug-likeness (QED) is 0.689. The molecule has 0 amide bonds. The van der Waals surface area contributed by atoms with Gasteiger partial charge in [0.05, 0.1) is 0 Å². The minimum atomic E-state index is -0.147. The predicted molar refractivity (Wildman–Crippen MR) is 61.7 cm³/mol. The summed E-state index contributed by atoms with van der Waals surface area (Å²) < 4.78 is 5.78. The minimum absolute atomic E-state index is 0.147. The Kier molecular flexibility index (Phi) is 3.00. The predicted octanol–water partition coefficient (Wildman–Crippen LogP) is 3.82. The topological polar surface area (TPSA) is 9.23 Å². The normalized spacial score (nSPS) is 11.1. The van der Waals surface area contributed by atoms with E-state index in [9.17, 15) is 0 Å². The zero-order valence-electron chi connectivity index (χ0n) is 9.42. The summed E-state index contributed by atoms with van der Waals surface area (Å²) in [5.74, 6) is 0.910. The van der Waals surface area contributed by atoms with E-state index in [4.69, 9.17) is 4.74 Å². The molecule has 0 aliphatic carbocycles. The van der Waals surface area contributed by atoms with Crippen LogP contribution in [0, 0.1) is 6.92 Å². The molecule has 1 aromatic carbocycles. The number of aryl methyl sites for hydroxylation is 1. The third kappa shape index (κ3) is 3.25. The monoisotopic (exact) mass is 190 g/mol. The summed E-state index contributed by atoms with van der Waals surface area (Å²) in [6.45, 7) is 11.9. The van der Waals surface area contributed by atoms with Crippen molar-refractivity contribution >= 4 is 6.08 Å². The molecule has 0 saturated carbocycles. The highest BCUT2D eigenvalue weighted by Crippen LogP contribution is 2.21. The van der Waals surface area contributed by atoms with E-state index >= 15 is 0 Å². The molecule has 76 valence electrons. The van der Waals surface area contributed by atoms with Crippen LogP contribution < -0.4 is 4.74 Å². The largest absolute Gasteiger partial charge is 0.488 e. The van der Waals surface area contributed by atoms with Gasteiger partial charge >= 0.3 is 0 Å². The Morgan fingerprint density at radius 1 is 1.21 bits per heavy atom. The summed E-state index contributed by atoms with van der Waals surface area (Å²) in [6.07, 6.45) is 1.84. The molecule has 0 unspecified atom stereocenters. The van der Waals surface area contributed by atoms with Gasteiger partial charge in [-0.05, 0) is 51.0 Å². The lowest BCUT2D eigenvalue weighted by atomic mass is 10.1. The van der Waals surface area contributed by atoms with Crippen molar-refractivity contribution in [3.63, 3.8) is 0 Å². The number of hydrogen-bond donors (Lipinski definition) is 0. The van der Waals surface area contributed by atoms with E-state index in [1.54, 1.807) is 0 Å². The second kappa shape index (κ2) is 3.87. The first-order chi connectivity index (χ1) is 6.40. The molecular formula is C13H18O. The van der Waals surface area contributed by atoms with E-state index in [0.717, 1.165) is 11.3 Å². The van der Waals surface area contributed by atoms with Gasteiger partial charge in [0.2, 0.25) is 0 Å². The van der Waals surface area contributed by atoms with Gasteiger partial charge in [-0.1, -0.05) is 18.7 Å². The van der Waals surface area contributed by atoms with E-state index in [1.807, 2.05) is 39.0 Å². The fourth-order valence-corrected chi connectivity index (χ4v) is 1.31. The molecule has 0 aliphatic heterocycles. The van der Waals surface area contributed by atoms with Crippen LogP contribution in [0.5, 0.6) is 5.75 Å². The Morgan fingerprint density at radius 3 is 2.36 bits per heavy atom. The first-order valence-electron chi connectivity index (χ1n) is 4.84. The second-order valence-electron chi connectivity index (χ2n) is 4.50. The summed E-state index contributed by atoms with van der Waals surface area (Å²) in [7, 11) is 0. The molecule has 0 aliphatic rings. The second-order valence-corrected chi connectivity index (χ2v) is 4.50. The van der Waals surface area contributed by atoms with Crippen LogP contribution in [0.3, 0.4) is 0 Å². The van der Waals surface area contributed by atoms with Crippen LogP contribution in [0.1, 0.15) is 31.9 Å². The summed E-state index contributed by atoms with van der Waals surface area (Å²) in [5, 5.41) is 0. The van der Waals surface area contributed by atoms with Gasteiger partial charge in [0, 0.05) is 0 Å². The highest BCUT2D eigenvalue weighted by atomic mass is 16.5. The van der Waals surface area contributed by atoms with E-state index < -0.39 is 0 Å². The van der Waals surface area contributed by atoms with Crippen LogP contribution in [0.15, 0.2) is 24.8 Å². The van der Waals surface area contributed by atoms with Crippen molar-refractivity contribution in [1.29, 1.82) is 0 Å². The number of rotatable bonds is 2. The maximum Gasteiger partial charge on any atom is 0.120 e. The van der Waals surface area contributed by atoms with Crippen molar-refractivity contribution in [3.8, 4) is 5.75 Å². The molecule has 1 aromatic rings. The molecule has 0 bridgehead atoms. The van der Waals surface area contributed by atoms with Crippen molar-refractivity contribution in [2.24, 2.45) is 0 Å². The molecule has 14 heavy (non-hydrogen) atoms. The first-order valence-corrected chi connectivity index (χ1v) is 4.84. The fraction of sp³-hybridized carbons (Fsp3) is 0.385. The van der Waals surface area contributed by atoms with Gasteiger partial charge in [-0.25, -0.2) is 0 Å². The summed E-state index contributed by atoms with van der Waals surface area (Å²) >= 11 is 0. The van der Waals surface area contributed by atoms with Crippen molar-refractivity contribution in [1.82, 2.24) is 0 Å². The highest BCUT2D eigenvalue weighted by Gasteiger charge is 2.11. The van der Waals surface area contributed by atoms with Crippen LogP contribution in [-0.2, 0) is 0 Å². The molecule has 0 aromatic heterocycles. The molecular weight excluding hydrogens is 172 g/mol. The molecule has 0 saturated heterocycles. The molecule has 0 N–H and O–H groups in total. The molecule has 0 radical (unpaired) electrons. The Balaban J connectivity index is 2.98. The van der Waals surface area contributed by atoms with E-state index in [0.29, 0.717) is 0 Å².